The summed E-state index contributed by atoms with van der Waals surface area (Å²) in [5, 5.41) is 28.3. The lowest BCUT2D eigenvalue weighted by atomic mass is 10.0. The van der Waals surface area contributed by atoms with Crippen molar-refractivity contribution < 1.29 is 24.6 Å². The van der Waals surface area contributed by atoms with Crippen molar-refractivity contribution in [3.05, 3.63) is 11.5 Å². The van der Waals surface area contributed by atoms with Gasteiger partial charge in [0.05, 0.1) is 11.8 Å². The molecule has 0 radical (unpaired) electrons. The second kappa shape index (κ2) is 5.87. The van der Waals surface area contributed by atoms with Gasteiger partial charge in [-0.2, -0.15) is 5.26 Å². The van der Waals surface area contributed by atoms with Gasteiger partial charge < -0.3 is 15.5 Å². The molecule has 0 aromatic heterocycles. The Morgan fingerprint density at radius 1 is 1.62 bits per heavy atom. The lowest BCUT2D eigenvalue weighted by Crippen LogP contribution is -2.71. The van der Waals surface area contributed by atoms with Crippen LogP contribution >= 0.6 is 23.5 Å². The van der Waals surface area contributed by atoms with E-state index in [2.05, 4.69) is 5.32 Å². The summed E-state index contributed by atoms with van der Waals surface area (Å²) >= 11 is 2.20. The molecule has 21 heavy (non-hydrogen) atoms. The topological polar surface area (TPSA) is 131 Å². The SMILES string of the molecule is CSC(C#N)C(=O)NC1C(=O)N2C(C(=O)O)=C(O)CS[C@@H]12. The van der Waals surface area contributed by atoms with E-state index < -0.39 is 40.1 Å². The van der Waals surface area contributed by atoms with Gasteiger partial charge in [-0.25, -0.2) is 4.79 Å². The molecule has 2 aliphatic rings. The first-order chi connectivity index (χ1) is 9.92. The van der Waals surface area contributed by atoms with Crippen molar-refractivity contribution in [2.45, 2.75) is 16.7 Å². The quantitative estimate of drug-likeness (QED) is 0.588. The van der Waals surface area contributed by atoms with Gasteiger partial charge >= 0.3 is 5.97 Å². The van der Waals surface area contributed by atoms with Crippen LogP contribution in [0, 0.1) is 11.3 Å². The fraction of sp³-hybridized carbons (Fsp3) is 0.455. The molecule has 2 amide bonds. The monoisotopic (exact) mass is 329 g/mol. The Morgan fingerprint density at radius 2 is 2.29 bits per heavy atom. The number of amides is 2. The second-order valence-electron chi connectivity index (χ2n) is 4.24. The van der Waals surface area contributed by atoms with Gasteiger partial charge in [0, 0.05) is 0 Å². The van der Waals surface area contributed by atoms with Crippen LogP contribution in [0.15, 0.2) is 11.5 Å². The normalized spacial score (nSPS) is 25.5. The zero-order valence-electron chi connectivity index (χ0n) is 10.8. The number of carbonyl (C=O) groups excluding carboxylic acids is 2. The van der Waals surface area contributed by atoms with Gasteiger partial charge in [-0.05, 0) is 6.26 Å². The number of rotatable bonds is 4. The second-order valence-corrected chi connectivity index (χ2v) is 6.29. The molecular weight excluding hydrogens is 318 g/mol. The molecular formula is C11H11N3O5S2. The van der Waals surface area contributed by atoms with Gasteiger partial charge in [0.25, 0.3) is 5.91 Å². The molecule has 0 saturated carbocycles. The van der Waals surface area contributed by atoms with Gasteiger partial charge in [-0.15, -0.1) is 23.5 Å². The third-order valence-corrected chi connectivity index (χ3v) is 5.10. The maximum Gasteiger partial charge on any atom is 0.356 e. The highest BCUT2D eigenvalue weighted by Crippen LogP contribution is 2.39. The van der Waals surface area contributed by atoms with Crippen LogP contribution in [0.5, 0.6) is 0 Å². The number of carboxylic acids is 1. The average molecular weight is 329 g/mol. The third kappa shape index (κ3) is 2.54. The number of carboxylic acid groups (broad SMARTS) is 1. The van der Waals surface area contributed by atoms with E-state index in [0.717, 1.165) is 28.4 Å². The highest BCUT2D eigenvalue weighted by molar-refractivity contribution is 8.00. The number of carbonyl (C=O) groups is 3. The number of aliphatic hydroxyl groups is 1. The summed E-state index contributed by atoms with van der Waals surface area (Å²) in [4.78, 5) is 35.8. The maximum absolute atomic E-state index is 12.0. The van der Waals surface area contributed by atoms with Crippen LogP contribution < -0.4 is 5.32 Å². The van der Waals surface area contributed by atoms with E-state index >= 15 is 0 Å². The van der Waals surface area contributed by atoms with Crippen molar-refractivity contribution in [1.29, 1.82) is 5.26 Å². The largest absolute Gasteiger partial charge is 0.509 e. The van der Waals surface area contributed by atoms with Crippen molar-refractivity contribution >= 4 is 41.3 Å². The highest BCUT2D eigenvalue weighted by Gasteiger charge is 2.54. The number of nitrogens with one attached hydrogen (secondary N) is 1. The lowest BCUT2D eigenvalue weighted by molar-refractivity contribution is -0.151. The van der Waals surface area contributed by atoms with Crippen molar-refractivity contribution in [2.75, 3.05) is 12.0 Å². The minimum Gasteiger partial charge on any atom is -0.509 e. The summed E-state index contributed by atoms with van der Waals surface area (Å²) in [7, 11) is 0. The predicted octanol–water partition coefficient (Wildman–Crippen LogP) is -0.504. The van der Waals surface area contributed by atoms with Crippen molar-refractivity contribution in [3.63, 3.8) is 0 Å². The predicted molar refractivity (Wildman–Crippen MR) is 75.2 cm³/mol. The Kier molecular flexibility index (Phi) is 4.34. The smallest absolute Gasteiger partial charge is 0.356 e. The van der Waals surface area contributed by atoms with E-state index in [9.17, 15) is 19.5 Å². The summed E-state index contributed by atoms with van der Waals surface area (Å²) in [6.07, 6.45) is 1.60. The van der Waals surface area contributed by atoms with Gasteiger partial charge in [0.15, 0.2) is 10.9 Å². The van der Waals surface area contributed by atoms with Crippen LogP contribution in [0.25, 0.3) is 0 Å². The number of nitrogens with zero attached hydrogens (tertiary/aromatic N) is 2. The number of thioether (sulfide) groups is 2. The molecule has 3 atom stereocenters. The fourth-order valence-corrected chi connectivity index (χ4v) is 3.64. The first-order valence-electron chi connectivity index (χ1n) is 5.75. The van der Waals surface area contributed by atoms with E-state index in [-0.39, 0.29) is 11.5 Å². The molecule has 2 unspecified atom stereocenters. The minimum absolute atomic E-state index is 0.0483. The van der Waals surface area contributed by atoms with Gasteiger partial charge in [-0.1, -0.05) is 0 Å². The van der Waals surface area contributed by atoms with Crippen LogP contribution in [0.3, 0.4) is 0 Å². The molecule has 1 saturated heterocycles. The van der Waals surface area contributed by atoms with Crippen LogP contribution in [0.4, 0.5) is 0 Å². The van der Waals surface area contributed by atoms with E-state index in [4.69, 9.17) is 10.4 Å². The Balaban J connectivity index is 2.13. The number of aliphatic carboxylic acids is 1. The summed E-state index contributed by atoms with van der Waals surface area (Å²) in [5.74, 6) is -2.91. The summed E-state index contributed by atoms with van der Waals surface area (Å²) in [6, 6.07) is 0.920. The molecule has 1 fully saturated rings. The molecule has 2 aliphatic heterocycles. The molecule has 2 heterocycles. The highest BCUT2D eigenvalue weighted by atomic mass is 32.2. The molecule has 2 rings (SSSR count). The molecule has 10 heteroatoms. The Hall–Kier alpha value is -1.86. The third-order valence-electron chi connectivity index (χ3n) is 3.04. The van der Waals surface area contributed by atoms with Crippen LogP contribution in [0.2, 0.25) is 0 Å². The molecule has 0 bridgehead atoms. The van der Waals surface area contributed by atoms with Crippen LogP contribution in [-0.2, 0) is 14.4 Å². The molecule has 0 aromatic rings. The van der Waals surface area contributed by atoms with E-state index in [1.807, 2.05) is 0 Å². The number of aliphatic hydroxyl groups excluding tert-OH is 1. The summed E-state index contributed by atoms with van der Waals surface area (Å²) in [5.41, 5.74) is -0.448. The zero-order chi connectivity index (χ0) is 15.7. The van der Waals surface area contributed by atoms with E-state index in [1.54, 1.807) is 12.3 Å². The van der Waals surface area contributed by atoms with E-state index in [0.29, 0.717) is 0 Å². The number of fused-ring (bicyclic) bond motifs is 1. The van der Waals surface area contributed by atoms with Crippen LogP contribution in [0.1, 0.15) is 0 Å². The number of nitriles is 1. The van der Waals surface area contributed by atoms with Crippen molar-refractivity contribution in [1.82, 2.24) is 10.2 Å². The first-order valence-corrected chi connectivity index (χ1v) is 8.09. The molecule has 3 N–H and O–H groups in total. The Morgan fingerprint density at radius 3 is 2.81 bits per heavy atom. The standard InChI is InChI=1S/C11H11N3O5S2/c1-20-5(2-12)8(16)13-6-9(17)14-7(11(18)19)4(15)3-21-10(6)14/h5-6,10,15H,3H2,1H3,(H,13,16)(H,18,19)/t5?,6?,10-/m0/s1. The minimum atomic E-state index is -1.39. The van der Waals surface area contributed by atoms with E-state index in [1.165, 1.54) is 0 Å². The van der Waals surface area contributed by atoms with Gasteiger partial charge in [0.2, 0.25) is 5.91 Å². The first kappa shape index (κ1) is 15.5. The van der Waals surface area contributed by atoms with Crippen LogP contribution in [-0.4, -0.2) is 61.6 Å². The van der Waals surface area contributed by atoms with Gasteiger partial charge in [0.1, 0.15) is 17.2 Å². The van der Waals surface area contributed by atoms with Crippen molar-refractivity contribution in [2.24, 2.45) is 0 Å². The lowest BCUT2D eigenvalue weighted by Gasteiger charge is -2.48. The summed E-state index contributed by atoms with van der Waals surface area (Å²) < 4.78 is 0. The number of hydrogen-bond acceptors (Lipinski definition) is 7. The molecule has 112 valence electrons. The number of β-lactam (4-membered cyclic amide) rings is 1. The maximum atomic E-state index is 12.0. The molecule has 0 aromatic carbocycles. The van der Waals surface area contributed by atoms with Gasteiger partial charge in [-0.3, -0.25) is 14.5 Å². The number of hydrogen-bond donors (Lipinski definition) is 3. The Bertz CT molecular complexity index is 585. The molecule has 8 nitrogen and oxygen atoms in total. The fourth-order valence-electron chi connectivity index (χ4n) is 2.05. The van der Waals surface area contributed by atoms with Crippen molar-refractivity contribution in [3.8, 4) is 6.07 Å². The molecule has 0 spiro atoms. The average Bonchev–Trinajstić information content (AvgIpc) is 2.45. The Labute approximate surface area is 128 Å². The zero-order valence-corrected chi connectivity index (χ0v) is 12.4. The molecule has 0 aliphatic carbocycles. The summed E-state index contributed by atoms with van der Waals surface area (Å²) in [6.45, 7) is 0.